The Kier molecular flexibility index (Phi) is 4.82. The minimum absolute atomic E-state index is 0.141. The molecule has 3 nitrogen and oxygen atoms in total. The molecule has 1 aromatic rings. The van der Waals surface area contributed by atoms with Crippen molar-refractivity contribution in [3.05, 3.63) is 21.7 Å². The minimum Gasteiger partial charge on any atom is -0.373 e. The summed E-state index contributed by atoms with van der Waals surface area (Å²) in [6.45, 7) is 2.02. The predicted octanol–water partition coefficient (Wildman–Crippen LogP) is 4.54. The Labute approximate surface area is 118 Å². The van der Waals surface area contributed by atoms with Crippen LogP contribution in [0.15, 0.2) is 0 Å². The average Bonchev–Trinajstić information content (AvgIpc) is 2.83. The van der Waals surface area contributed by atoms with Gasteiger partial charge in [-0.25, -0.2) is 9.97 Å². The summed E-state index contributed by atoms with van der Waals surface area (Å²) in [4.78, 5) is 8.73. The lowest BCUT2D eigenvalue weighted by molar-refractivity contribution is 0.0925. The molecule has 0 radical (unpaired) electrons. The Morgan fingerprint density at radius 3 is 2.22 bits per heavy atom. The van der Waals surface area contributed by atoms with Gasteiger partial charge in [-0.05, 0) is 25.2 Å². The molecule has 2 rings (SSSR count). The lowest BCUT2D eigenvalue weighted by atomic mass is 10.0. The molecule has 0 aromatic carbocycles. The number of aromatic nitrogens is 2. The number of ether oxygens (including phenoxy) is 1. The number of hydrogen-bond acceptors (Lipinski definition) is 3. The van der Waals surface area contributed by atoms with Crippen molar-refractivity contribution in [1.82, 2.24) is 9.97 Å². The van der Waals surface area contributed by atoms with Gasteiger partial charge in [0.15, 0.2) is 5.82 Å². The highest BCUT2D eigenvalue weighted by molar-refractivity contribution is 6.34. The Morgan fingerprint density at radius 1 is 1.22 bits per heavy atom. The molecule has 1 aliphatic carbocycles. The molecule has 1 saturated carbocycles. The van der Waals surface area contributed by atoms with E-state index in [2.05, 4.69) is 9.97 Å². The molecule has 1 fully saturated rings. The van der Waals surface area contributed by atoms with Crippen LogP contribution in [-0.2, 0) is 4.74 Å². The molecule has 100 valence electrons. The third kappa shape index (κ3) is 2.79. The van der Waals surface area contributed by atoms with Gasteiger partial charge in [-0.2, -0.15) is 0 Å². The van der Waals surface area contributed by atoms with Gasteiger partial charge < -0.3 is 4.74 Å². The van der Waals surface area contributed by atoms with Gasteiger partial charge in [0.1, 0.15) is 16.4 Å². The summed E-state index contributed by atoms with van der Waals surface area (Å²) in [5.41, 5.74) is 0.922. The van der Waals surface area contributed by atoms with Crippen LogP contribution in [-0.4, -0.2) is 17.1 Å². The number of methoxy groups -OCH3 is 1. The summed E-state index contributed by atoms with van der Waals surface area (Å²) < 4.78 is 5.32. The fourth-order valence-electron chi connectivity index (χ4n) is 2.58. The van der Waals surface area contributed by atoms with Crippen LogP contribution in [0.25, 0.3) is 0 Å². The van der Waals surface area contributed by atoms with Crippen LogP contribution in [0, 0.1) is 0 Å². The Morgan fingerprint density at radius 2 is 1.78 bits per heavy atom. The van der Waals surface area contributed by atoms with E-state index in [4.69, 9.17) is 27.9 Å². The molecule has 0 aliphatic heterocycles. The van der Waals surface area contributed by atoms with Crippen LogP contribution in [0.3, 0.4) is 0 Å². The summed E-state index contributed by atoms with van der Waals surface area (Å²) >= 11 is 12.6. The Bertz CT molecular complexity index is 392. The second kappa shape index (κ2) is 6.18. The number of halogens is 2. The van der Waals surface area contributed by atoms with E-state index in [9.17, 15) is 0 Å². The molecule has 1 aliphatic rings. The van der Waals surface area contributed by atoms with E-state index in [1.165, 1.54) is 12.8 Å². The van der Waals surface area contributed by atoms with Crippen LogP contribution in [0.2, 0.25) is 10.3 Å². The van der Waals surface area contributed by atoms with Crippen molar-refractivity contribution in [1.29, 1.82) is 0 Å². The maximum Gasteiger partial charge on any atom is 0.160 e. The fourth-order valence-corrected chi connectivity index (χ4v) is 3.29. The van der Waals surface area contributed by atoms with E-state index < -0.39 is 0 Å². The minimum atomic E-state index is -0.141. The van der Waals surface area contributed by atoms with Crippen molar-refractivity contribution >= 4 is 23.2 Å². The normalized spacial score (nSPS) is 18.2. The first-order valence-electron chi connectivity index (χ1n) is 6.43. The summed E-state index contributed by atoms with van der Waals surface area (Å²) in [6.07, 6.45) is 5.38. The number of nitrogens with zero attached hydrogens (tertiary/aromatic N) is 2. The maximum atomic E-state index is 6.28. The third-order valence-corrected chi connectivity index (χ3v) is 4.15. The molecule has 0 bridgehead atoms. The molecule has 5 heteroatoms. The van der Waals surface area contributed by atoms with Crippen molar-refractivity contribution < 1.29 is 4.74 Å². The first-order chi connectivity index (χ1) is 8.67. The zero-order chi connectivity index (χ0) is 13.1. The first kappa shape index (κ1) is 14.0. The highest BCUT2D eigenvalue weighted by Gasteiger charge is 2.25. The summed E-state index contributed by atoms with van der Waals surface area (Å²) in [7, 11) is 1.64. The zero-order valence-electron chi connectivity index (χ0n) is 10.7. The van der Waals surface area contributed by atoms with Crippen LogP contribution in [0.1, 0.15) is 62.4 Å². The molecular weight excluding hydrogens is 271 g/mol. The summed E-state index contributed by atoms with van der Waals surface area (Å²) in [6, 6.07) is 0. The monoisotopic (exact) mass is 288 g/mol. The predicted molar refractivity (Wildman–Crippen MR) is 73.3 cm³/mol. The van der Waals surface area contributed by atoms with Gasteiger partial charge >= 0.3 is 0 Å². The fraction of sp³-hybridized carbons (Fsp3) is 0.692. The van der Waals surface area contributed by atoms with Crippen molar-refractivity contribution in [3.63, 3.8) is 0 Å². The highest BCUT2D eigenvalue weighted by Crippen LogP contribution is 2.40. The van der Waals surface area contributed by atoms with Gasteiger partial charge in [0.25, 0.3) is 0 Å². The van der Waals surface area contributed by atoms with Crippen LogP contribution >= 0.6 is 23.2 Å². The van der Waals surface area contributed by atoms with Gasteiger partial charge in [-0.3, -0.25) is 0 Å². The molecule has 0 N–H and O–H groups in total. The molecule has 0 amide bonds. The summed E-state index contributed by atoms with van der Waals surface area (Å²) in [5.74, 6) is 0.999. The van der Waals surface area contributed by atoms with Crippen LogP contribution in [0.4, 0.5) is 0 Å². The molecule has 18 heavy (non-hydrogen) atoms. The zero-order valence-corrected chi connectivity index (χ0v) is 12.3. The second-order valence-corrected chi connectivity index (χ2v) is 5.41. The van der Waals surface area contributed by atoms with Gasteiger partial charge in [-0.15, -0.1) is 0 Å². The van der Waals surface area contributed by atoms with Crippen LogP contribution < -0.4 is 0 Å². The number of hydrogen-bond donors (Lipinski definition) is 0. The smallest absolute Gasteiger partial charge is 0.160 e. The maximum absolute atomic E-state index is 6.28. The third-order valence-electron chi connectivity index (χ3n) is 3.58. The quantitative estimate of drug-likeness (QED) is 0.763. The largest absolute Gasteiger partial charge is 0.373 e. The average molecular weight is 289 g/mol. The molecule has 0 spiro atoms. The molecule has 1 heterocycles. The lowest BCUT2D eigenvalue weighted by Crippen LogP contribution is -2.09. The van der Waals surface area contributed by atoms with E-state index in [0.717, 1.165) is 24.8 Å². The topological polar surface area (TPSA) is 35.0 Å². The van der Waals surface area contributed by atoms with Crippen molar-refractivity contribution in [2.45, 2.75) is 51.0 Å². The Hall–Kier alpha value is -0.380. The first-order valence-corrected chi connectivity index (χ1v) is 7.18. The van der Waals surface area contributed by atoms with Crippen molar-refractivity contribution in [2.75, 3.05) is 7.11 Å². The van der Waals surface area contributed by atoms with E-state index in [-0.39, 0.29) is 6.10 Å². The van der Waals surface area contributed by atoms with E-state index in [1.54, 1.807) is 7.11 Å². The standard InChI is InChI=1S/C13H18Cl2N2O/c1-3-9(18-2)13-16-11(14)10(12(15)17-13)8-6-4-5-7-8/h8-9H,3-7H2,1-2H3. The molecule has 1 atom stereocenters. The van der Waals surface area contributed by atoms with Gasteiger partial charge in [-0.1, -0.05) is 43.0 Å². The molecule has 0 saturated heterocycles. The Balaban J connectivity index is 2.34. The molecule has 1 aromatic heterocycles. The van der Waals surface area contributed by atoms with Gasteiger partial charge in [0.05, 0.1) is 0 Å². The number of rotatable bonds is 4. The summed E-state index contributed by atoms with van der Waals surface area (Å²) in [5, 5.41) is 0.986. The molecule has 1 unspecified atom stereocenters. The lowest BCUT2D eigenvalue weighted by Gasteiger charge is -2.16. The highest BCUT2D eigenvalue weighted by atomic mass is 35.5. The van der Waals surface area contributed by atoms with Crippen LogP contribution in [0.5, 0.6) is 0 Å². The van der Waals surface area contributed by atoms with E-state index in [1.807, 2.05) is 6.92 Å². The van der Waals surface area contributed by atoms with Crippen molar-refractivity contribution in [2.24, 2.45) is 0 Å². The molecular formula is C13H18Cl2N2O. The SMILES string of the molecule is CCC(OC)c1nc(Cl)c(C2CCCC2)c(Cl)n1. The van der Waals surface area contributed by atoms with E-state index in [0.29, 0.717) is 22.0 Å². The second-order valence-electron chi connectivity index (χ2n) is 4.69. The van der Waals surface area contributed by atoms with Gasteiger partial charge in [0.2, 0.25) is 0 Å². The van der Waals surface area contributed by atoms with Crippen molar-refractivity contribution in [3.8, 4) is 0 Å². The van der Waals surface area contributed by atoms with E-state index >= 15 is 0 Å². The van der Waals surface area contributed by atoms with Gasteiger partial charge in [0, 0.05) is 12.7 Å².